The molecule has 0 radical (unpaired) electrons. The monoisotopic (exact) mass is 969 g/mol. The van der Waals surface area contributed by atoms with Gasteiger partial charge in [0.05, 0.1) is 30.5 Å². The summed E-state index contributed by atoms with van der Waals surface area (Å²) < 4.78 is 30.7. The molecule has 370 valence electrons. The van der Waals surface area contributed by atoms with Crippen LogP contribution in [0.2, 0.25) is 0 Å². The molecule has 12 nitrogen and oxygen atoms in total. The van der Waals surface area contributed by atoms with Gasteiger partial charge in [0.25, 0.3) is 11.8 Å². The molecular weight excluding hydrogens is 902 g/mol. The van der Waals surface area contributed by atoms with E-state index in [0.717, 1.165) is 98.8 Å². The van der Waals surface area contributed by atoms with Gasteiger partial charge in [-0.1, -0.05) is 44.5 Å². The Morgan fingerprint density at radius 3 is 2.56 bits per heavy atom. The number of hydrogen-bond donors (Lipinski definition) is 4. The number of nitrogens with one attached hydrogen (secondary N) is 3. The molecule has 4 heterocycles. The molecule has 4 fully saturated rings. The first-order valence-corrected chi connectivity index (χ1v) is 26.4. The van der Waals surface area contributed by atoms with Gasteiger partial charge in [-0.25, -0.2) is 9.37 Å². The van der Waals surface area contributed by atoms with Crippen LogP contribution in [0.5, 0.6) is 17.4 Å². The summed E-state index contributed by atoms with van der Waals surface area (Å²) in [5.41, 5.74) is 6.10. The number of hydroxylamine groups is 1. The van der Waals surface area contributed by atoms with Crippen LogP contribution < -0.4 is 29.5 Å². The van der Waals surface area contributed by atoms with Gasteiger partial charge in [-0.15, -0.1) is 0 Å². The standard InChI is InChI=1S/C56H68FN7O5S/c1-6-68-54-50(29-43-45(57)16-17-46(43)60-54)69-49-28-37(63-26-23-56(24-27-63)33-64(34-56)47-13-9-12-40(47)39-11-8-7-10-38(39)35(2)3)14-15-42(49)53(65)61-70-51-30-48(62(5)67)52(44-32-58-25-20-41(44)51)59-31-36-18-21-55(4,66)22-19-36/h7-8,10-11,14-16,20,25,28-30,32,35-36,40,47,59,62,66H,6,9,12-13,17-19,21-24,26-27,31,33-34H2,1-5H3,(H,61,65)/t36-,40-,47-,55-/m0/s1. The first kappa shape index (κ1) is 48.4. The maximum atomic E-state index is 15.1. The van der Waals surface area contributed by atoms with Gasteiger partial charge in [-0.2, -0.15) is 0 Å². The number of allylic oxidation sites excluding steroid dienone is 1. The van der Waals surface area contributed by atoms with E-state index in [0.29, 0.717) is 76.4 Å². The molecule has 3 aromatic carbocycles. The summed E-state index contributed by atoms with van der Waals surface area (Å²) in [6.45, 7) is 13.4. The second-order valence-corrected chi connectivity index (χ2v) is 22.0. The van der Waals surface area contributed by atoms with E-state index < -0.39 is 11.5 Å². The Labute approximate surface area is 416 Å². The van der Waals surface area contributed by atoms with Crippen LogP contribution in [0.15, 0.2) is 84.0 Å². The quantitative estimate of drug-likeness (QED) is 0.0589. The van der Waals surface area contributed by atoms with Crippen LogP contribution in [0.1, 0.15) is 130 Å². The molecule has 4 N–H and O–H groups in total. The van der Waals surface area contributed by atoms with Crippen molar-refractivity contribution in [1.82, 2.24) is 19.6 Å². The number of aliphatic hydroxyl groups is 1. The number of quaternary nitrogens is 1. The topological polar surface area (TPSA) is 140 Å². The normalized spacial score (nSPS) is 23.5. The molecule has 1 unspecified atom stereocenters. The Bertz CT molecular complexity index is 2760. The van der Waals surface area contributed by atoms with Crippen molar-refractivity contribution in [2.75, 3.05) is 56.6 Å². The number of ether oxygens (including phenoxy) is 2. The SMILES string of the molecule is CCOc1nc2c(cc1Oc1cc(N3CCC4(CC3)CN([C@H]3CCC[C@H]3c3ccccc3C(C)C)C4)ccc1C(=O)NSc1cc([NH+](C)[O-])c(NC[C@H]3CC[C@](C)(O)CC3)c3cnccc13)C(F)=CC2. The maximum absolute atomic E-state index is 15.1. The van der Waals surface area contributed by atoms with Crippen molar-refractivity contribution in [1.29, 1.82) is 0 Å². The highest BCUT2D eigenvalue weighted by molar-refractivity contribution is 7.98. The number of benzene rings is 3. The van der Waals surface area contributed by atoms with Crippen LogP contribution in [0.3, 0.4) is 0 Å². The molecule has 0 bridgehead atoms. The molecule has 1 amide bonds. The molecule has 5 aromatic rings. The van der Waals surface area contributed by atoms with E-state index in [1.54, 1.807) is 37.1 Å². The van der Waals surface area contributed by atoms with E-state index >= 15 is 4.39 Å². The van der Waals surface area contributed by atoms with Gasteiger partial charge in [0.1, 0.15) is 17.3 Å². The average molecular weight is 970 g/mol. The van der Waals surface area contributed by atoms with Crippen LogP contribution in [0.4, 0.5) is 21.5 Å². The first-order valence-electron chi connectivity index (χ1n) is 25.6. The zero-order valence-electron chi connectivity index (χ0n) is 41.3. The third-order valence-corrected chi connectivity index (χ3v) is 16.8. The summed E-state index contributed by atoms with van der Waals surface area (Å²) in [5, 5.41) is 28.9. The van der Waals surface area contributed by atoms with Gasteiger partial charge in [0.15, 0.2) is 11.4 Å². The number of halogens is 1. The number of nitrogens with zero attached hydrogens (tertiary/aromatic N) is 4. The first-order chi connectivity index (χ1) is 33.8. The van der Waals surface area contributed by atoms with E-state index in [1.807, 2.05) is 38.1 Å². The Hall–Kier alpha value is -5.25. The van der Waals surface area contributed by atoms with E-state index in [-0.39, 0.29) is 28.1 Å². The fourth-order valence-electron chi connectivity index (χ4n) is 12.0. The van der Waals surface area contributed by atoms with Crippen molar-refractivity contribution >= 4 is 51.5 Å². The Morgan fingerprint density at radius 2 is 1.80 bits per heavy atom. The number of hydrogen-bond acceptors (Lipinski definition) is 11. The van der Waals surface area contributed by atoms with Gasteiger partial charge in [-0.3, -0.25) is 19.4 Å². The van der Waals surface area contributed by atoms with Crippen LogP contribution in [-0.2, 0) is 6.42 Å². The van der Waals surface area contributed by atoms with Gasteiger partial charge < -0.3 is 35.1 Å². The zero-order valence-corrected chi connectivity index (χ0v) is 42.1. The van der Waals surface area contributed by atoms with E-state index in [9.17, 15) is 15.1 Å². The van der Waals surface area contributed by atoms with Crippen molar-refractivity contribution in [3.8, 4) is 17.4 Å². The van der Waals surface area contributed by atoms with Crippen molar-refractivity contribution in [3.63, 3.8) is 0 Å². The third kappa shape index (κ3) is 9.86. The minimum atomic E-state index is -0.630. The molecule has 2 aliphatic heterocycles. The van der Waals surface area contributed by atoms with Crippen LogP contribution in [0.25, 0.3) is 16.6 Å². The van der Waals surface area contributed by atoms with E-state index in [1.165, 1.54) is 30.9 Å². The van der Waals surface area contributed by atoms with Gasteiger partial charge in [-0.05, 0) is 142 Å². The number of anilines is 2. The molecule has 3 atom stereocenters. The number of fused-ring (bicyclic) bond motifs is 2. The fourth-order valence-corrected chi connectivity index (χ4v) is 12.8. The molecule has 2 saturated heterocycles. The number of carbonyl (C=O) groups excluding carboxylic acids is 1. The molecule has 10 rings (SSSR count). The number of aromatic nitrogens is 2. The smallest absolute Gasteiger partial charge is 0.265 e. The average Bonchev–Trinajstić information content (AvgIpc) is 3.98. The number of carbonyl (C=O) groups is 1. The highest BCUT2D eigenvalue weighted by Gasteiger charge is 2.49. The number of likely N-dealkylation sites (tertiary alicyclic amines) is 1. The molecule has 70 heavy (non-hydrogen) atoms. The van der Waals surface area contributed by atoms with Gasteiger partial charge in [0, 0.05) is 96.6 Å². The lowest BCUT2D eigenvalue weighted by molar-refractivity contribution is -0.750. The zero-order chi connectivity index (χ0) is 48.7. The summed E-state index contributed by atoms with van der Waals surface area (Å²) in [4.78, 5) is 29.4. The predicted molar refractivity (Wildman–Crippen MR) is 277 cm³/mol. The lowest BCUT2D eigenvalue weighted by atomic mass is 9.70. The highest BCUT2D eigenvalue weighted by Crippen LogP contribution is 2.49. The molecule has 3 aliphatic carbocycles. The van der Waals surface area contributed by atoms with E-state index in [2.05, 4.69) is 67.9 Å². The Kier molecular flexibility index (Phi) is 13.9. The molecule has 1 spiro atoms. The van der Waals surface area contributed by atoms with Crippen molar-refractivity contribution in [2.45, 2.75) is 120 Å². The second kappa shape index (κ2) is 20.1. The summed E-state index contributed by atoms with van der Waals surface area (Å²) in [6, 6.07) is 20.7. The largest absolute Gasteiger partial charge is 0.629 e. The molecule has 14 heteroatoms. The molecule has 5 aliphatic rings. The van der Waals surface area contributed by atoms with Crippen molar-refractivity contribution in [2.24, 2.45) is 11.3 Å². The number of rotatable bonds is 15. The maximum Gasteiger partial charge on any atom is 0.265 e. The lowest BCUT2D eigenvalue weighted by Crippen LogP contribution is -2.98. The lowest BCUT2D eigenvalue weighted by Gasteiger charge is -2.57. The number of pyridine rings is 2. The Morgan fingerprint density at radius 1 is 1.01 bits per heavy atom. The van der Waals surface area contributed by atoms with Crippen LogP contribution in [-0.4, -0.2) is 83.9 Å². The third-order valence-electron chi connectivity index (χ3n) is 16.0. The predicted octanol–water partition coefficient (Wildman–Crippen LogP) is 10.5. The Balaban J connectivity index is 0.880. The second-order valence-electron chi connectivity index (χ2n) is 21.2. The van der Waals surface area contributed by atoms with Crippen LogP contribution >= 0.6 is 11.9 Å². The summed E-state index contributed by atoms with van der Waals surface area (Å²) in [5.74, 6) is 1.47. The summed E-state index contributed by atoms with van der Waals surface area (Å²) in [6.07, 6.45) is 14.6. The highest BCUT2D eigenvalue weighted by atomic mass is 32.2. The summed E-state index contributed by atoms with van der Waals surface area (Å²) in [7, 11) is 1.55. The minimum absolute atomic E-state index is 0.109. The van der Waals surface area contributed by atoms with Crippen molar-refractivity contribution < 1.29 is 28.8 Å². The molecule has 2 aromatic heterocycles. The number of amides is 1. The van der Waals surface area contributed by atoms with Crippen LogP contribution in [0, 0.1) is 16.5 Å². The summed E-state index contributed by atoms with van der Waals surface area (Å²) >= 11 is 1.13. The molecule has 2 saturated carbocycles. The van der Waals surface area contributed by atoms with Crippen molar-refractivity contribution in [3.05, 3.63) is 112 Å². The van der Waals surface area contributed by atoms with Gasteiger partial charge in [0.2, 0.25) is 0 Å². The molecular formula is C56H68FN7O5S. The fraction of sp³-hybridized carbons (Fsp3) is 0.482. The minimum Gasteiger partial charge on any atom is -0.629 e. The van der Waals surface area contributed by atoms with Gasteiger partial charge >= 0.3 is 0 Å². The van der Waals surface area contributed by atoms with E-state index in [4.69, 9.17) is 9.47 Å². The number of piperidine rings is 1.